The SMILES string of the molecule is C[NH+](CC(=O)Nc1sc2c(c1C(N)=O)CCCC2)Cc1ccco1. The molecule has 0 spiro atoms. The van der Waals surface area contributed by atoms with Crippen LogP contribution in [-0.4, -0.2) is 25.4 Å². The molecule has 6 nitrogen and oxygen atoms in total. The van der Waals surface area contributed by atoms with Crippen LogP contribution >= 0.6 is 11.3 Å². The van der Waals surface area contributed by atoms with E-state index in [-0.39, 0.29) is 5.91 Å². The summed E-state index contributed by atoms with van der Waals surface area (Å²) < 4.78 is 5.30. The number of likely N-dealkylation sites (N-methyl/N-ethyl adjacent to an activating group) is 1. The monoisotopic (exact) mass is 348 g/mol. The van der Waals surface area contributed by atoms with Crippen molar-refractivity contribution in [3.05, 3.63) is 40.2 Å². The van der Waals surface area contributed by atoms with Crippen molar-refractivity contribution >= 4 is 28.2 Å². The zero-order valence-corrected chi connectivity index (χ0v) is 14.5. The molecular weight excluding hydrogens is 326 g/mol. The van der Waals surface area contributed by atoms with Crippen LogP contribution in [0.4, 0.5) is 5.00 Å². The van der Waals surface area contributed by atoms with Gasteiger partial charge in [0.05, 0.1) is 18.9 Å². The highest BCUT2D eigenvalue weighted by Crippen LogP contribution is 2.37. The fourth-order valence-electron chi connectivity index (χ4n) is 3.13. The molecule has 0 bridgehead atoms. The third-order valence-corrected chi connectivity index (χ3v) is 5.40. The standard InChI is InChI=1S/C17H21N3O3S/c1-20(9-11-5-4-8-23-11)10-14(21)19-17-15(16(18)22)12-6-2-3-7-13(12)24-17/h4-5,8H,2-3,6-7,9-10H2,1H3,(H2,18,22)(H,19,21)/p+1. The summed E-state index contributed by atoms with van der Waals surface area (Å²) in [6.07, 6.45) is 5.63. The molecule has 128 valence electrons. The molecule has 0 saturated heterocycles. The first-order valence-corrected chi connectivity index (χ1v) is 8.94. The Morgan fingerprint density at radius 2 is 2.17 bits per heavy atom. The van der Waals surface area contributed by atoms with E-state index in [4.69, 9.17) is 10.2 Å². The van der Waals surface area contributed by atoms with Gasteiger partial charge in [-0.2, -0.15) is 0 Å². The maximum atomic E-state index is 12.3. The molecule has 7 heteroatoms. The van der Waals surface area contributed by atoms with Crippen molar-refractivity contribution in [1.29, 1.82) is 0 Å². The lowest BCUT2D eigenvalue weighted by molar-refractivity contribution is -0.886. The highest BCUT2D eigenvalue weighted by atomic mass is 32.1. The molecule has 1 unspecified atom stereocenters. The Balaban J connectivity index is 1.68. The molecule has 24 heavy (non-hydrogen) atoms. The van der Waals surface area contributed by atoms with Crippen LogP contribution in [0.2, 0.25) is 0 Å². The quantitative estimate of drug-likeness (QED) is 0.727. The van der Waals surface area contributed by atoms with Crippen LogP contribution in [0.1, 0.15) is 39.4 Å². The molecule has 0 saturated carbocycles. The minimum Gasteiger partial charge on any atom is -0.463 e. The molecule has 2 aromatic rings. The number of hydrogen-bond acceptors (Lipinski definition) is 4. The first-order valence-electron chi connectivity index (χ1n) is 8.12. The number of carbonyl (C=O) groups is 2. The zero-order valence-electron chi connectivity index (χ0n) is 13.7. The van der Waals surface area contributed by atoms with Crippen molar-refractivity contribution in [3.63, 3.8) is 0 Å². The van der Waals surface area contributed by atoms with Gasteiger partial charge in [-0.3, -0.25) is 9.59 Å². The van der Waals surface area contributed by atoms with Crippen molar-refractivity contribution in [1.82, 2.24) is 0 Å². The zero-order chi connectivity index (χ0) is 17.1. The fourth-order valence-corrected chi connectivity index (χ4v) is 4.44. The van der Waals surface area contributed by atoms with E-state index in [1.165, 1.54) is 16.2 Å². The van der Waals surface area contributed by atoms with Gasteiger partial charge in [-0.05, 0) is 43.4 Å². The van der Waals surface area contributed by atoms with Crippen LogP contribution in [0, 0.1) is 0 Å². The van der Waals surface area contributed by atoms with E-state index >= 15 is 0 Å². The summed E-state index contributed by atoms with van der Waals surface area (Å²) >= 11 is 1.49. The number of quaternary nitrogens is 1. The second-order valence-electron chi connectivity index (χ2n) is 6.22. The van der Waals surface area contributed by atoms with Crippen molar-refractivity contribution < 1.29 is 18.9 Å². The number of carbonyl (C=O) groups excluding carboxylic acids is 2. The van der Waals surface area contributed by atoms with Crippen LogP contribution in [-0.2, 0) is 24.2 Å². The van der Waals surface area contributed by atoms with Gasteiger partial charge in [-0.15, -0.1) is 11.3 Å². The number of thiophene rings is 1. The Morgan fingerprint density at radius 3 is 2.88 bits per heavy atom. The van der Waals surface area contributed by atoms with Gasteiger partial charge in [0.1, 0.15) is 11.5 Å². The molecule has 4 N–H and O–H groups in total. The predicted molar refractivity (Wildman–Crippen MR) is 92.3 cm³/mol. The van der Waals surface area contributed by atoms with Gasteiger partial charge in [-0.1, -0.05) is 0 Å². The third kappa shape index (κ3) is 3.68. The smallest absolute Gasteiger partial charge is 0.280 e. The molecule has 0 fully saturated rings. The van der Waals surface area contributed by atoms with Crippen molar-refractivity contribution in [2.24, 2.45) is 5.73 Å². The Labute approximate surface area is 144 Å². The molecule has 0 aromatic carbocycles. The van der Waals surface area contributed by atoms with E-state index in [0.29, 0.717) is 23.7 Å². The number of rotatable bonds is 6. The number of amides is 2. The number of nitrogens with two attached hydrogens (primary N) is 1. The summed E-state index contributed by atoms with van der Waals surface area (Å²) in [4.78, 5) is 26.3. The van der Waals surface area contributed by atoms with Crippen molar-refractivity contribution in [2.45, 2.75) is 32.2 Å². The minimum absolute atomic E-state index is 0.125. The lowest BCUT2D eigenvalue weighted by atomic mass is 9.95. The van der Waals surface area contributed by atoms with Gasteiger partial charge in [0.2, 0.25) is 0 Å². The number of hydrogen-bond donors (Lipinski definition) is 3. The Bertz CT molecular complexity index is 737. The number of aryl methyl sites for hydroxylation is 1. The van der Waals surface area contributed by atoms with Gasteiger partial charge in [0.25, 0.3) is 11.8 Å². The molecular formula is C17H22N3O3S+. The lowest BCUT2D eigenvalue weighted by Crippen LogP contribution is -3.08. The summed E-state index contributed by atoms with van der Waals surface area (Å²) in [5.74, 6) is 0.255. The first kappa shape index (κ1) is 16.7. The van der Waals surface area contributed by atoms with E-state index in [9.17, 15) is 9.59 Å². The second kappa shape index (κ2) is 7.19. The Morgan fingerprint density at radius 1 is 1.38 bits per heavy atom. The second-order valence-corrected chi connectivity index (χ2v) is 7.32. The molecule has 0 aliphatic heterocycles. The lowest BCUT2D eigenvalue weighted by Gasteiger charge is -2.12. The average molecular weight is 348 g/mol. The van der Waals surface area contributed by atoms with Crippen LogP contribution in [0.25, 0.3) is 0 Å². The molecule has 2 heterocycles. The van der Waals surface area contributed by atoms with Crippen LogP contribution in [0.5, 0.6) is 0 Å². The largest absolute Gasteiger partial charge is 0.463 e. The van der Waals surface area contributed by atoms with Crippen LogP contribution in [0.3, 0.4) is 0 Å². The molecule has 0 radical (unpaired) electrons. The van der Waals surface area contributed by atoms with E-state index in [1.807, 2.05) is 19.2 Å². The maximum Gasteiger partial charge on any atom is 0.280 e. The van der Waals surface area contributed by atoms with Crippen molar-refractivity contribution in [2.75, 3.05) is 18.9 Å². The summed E-state index contributed by atoms with van der Waals surface area (Å²) in [5, 5.41) is 3.49. The molecule has 1 atom stereocenters. The summed E-state index contributed by atoms with van der Waals surface area (Å²) in [5.41, 5.74) is 7.09. The predicted octanol–water partition coefficient (Wildman–Crippen LogP) is 0.972. The highest BCUT2D eigenvalue weighted by molar-refractivity contribution is 7.17. The van der Waals surface area contributed by atoms with E-state index in [2.05, 4.69) is 5.32 Å². The number of furan rings is 1. The molecule has 2 aromatic heterocycles. The normalized spacial score (nSPS) is 14.9. The van der Waals surface area contributed by atoms with E-state index < -0.39 is 5.91 Å². The highest BCUT2D eigenvalue weighted by Gasteiger charge is 2.25. The van der Waals surface area contributed by atoms with E-state index in [0.717, 1.165) is 41.9 Å². The maximum absolute atomic E-state index is 12.3. The summed E-state index contributed by atoms with van der Waals surface area (Å²) in [6, 6.07) is 3.72. The summed E-state index contributed by atoms with van der Waals surface area (Å²) in [7, 11) is 1.93. The summed E-state index contributed by atoms with van der Waals surface area (Å²) in [6.45, 7) is 0.922. The van der Waals surface area contributed by atoms with Gasteiger partial charge in [0.15, 0.2) is 12.3 Å². The topological polar surface area (TPSA) is 89.8 Å². The Kier molecular flexibility index (Phi) is 5.01. The van der Waals surface area contributed by atoms with Gasteiger partial charge >= 0.3 is 0 Å². The van der Waals surface area contributed by atoms with Crippen LogP contribution in [0.15, 0.2) is 22.8 Å². The average Bonchev–Trinajstić information content (AvgIpc) is 3.13. The van der Waals surface area contributed by atoms with Crippen LogP contribution < -0.4 is 16.0 Å². The van der Waals surface area contributed by atoms with Gasteiger partial charge < -0.3 is 20.4 Å². The number of nitrogens with one attached hydrogen (secondary N) is 2. The number of anilines is 1. The third-order valence-electron chi connectivity index (χ3n) is 4.19. The van der Waals surface area contributed by atoms with E-state index in [1.54, 1.807) is 6.26 Å². The van der Waals surface area contributed by atoms with Crippen molar-refractivity contribution in [3.8, 4) is 0 Å². The number of fused-ring (bicyclic) bond motifs is 1. The van der Waals surface area contributed by atoms with Gasteiger partial charge in [-0.25, -0.2) is 0 Å². The molecule has 1 aliphatic carbocycles. The number of primary amides is 1. The molecule has 1 aliphatic rings. The minimum atomic E-state index is -0.457. The first-order chi connectivity index (χ1) is 11.5. The van der Waals surface area contributed by atoms with Gasteiger partial charge in [0, 0.05) is 4.88 Å². The Hall–Kier alpha value is -2.12. The molecule has 3 rings (SSSR count). The fraction of sp³-hybridized carbons (Fsp3) is 0.412. The molecule has 2 amide bonds.